The Morgan fingerprint density at radius 3 is 2.71 bits per heavy atom. The van der Waals surface area contributed by atoms with Crippen molar-refractivity contribution in [1.82, 2.24) is 15.2 Å². The molecule has 0 spiro atoms. The lowest BCUT2D eigenvalue weighted by Gasteiger charge is -2.14. The van der Waals surface area contributed by atoms with Crippen LogP contribution in [0.3, 0.4) is 0 Å². The lowest BCUT2D eigenvalue weighted by molar-refractivity contribution is -0.274. The maximum absolute atomic E-state index is 12.5. The molecule has 0 aliphatic carbocycles. The first-order chi connectivity index (χ1) is 13.3. The molecule has 146 valence electrons. The van der Waals surface area contributed by atoms with Gasteiger partial charge in [0, 0.05) is 5.56 Å². The molecule has 0 saturated heterocycles. The fraction of sp³-hybridized carbons (Fsp3) is 0.167. The van der Waals surface area contributed by atoms with Gasteiger partial charge in [0.25, 0.3) is 0 Å². The standard InChI is InChI=1S/C18H17F3N6O/c1-11-24-16(27-26-11)13-6-4-5-12(9-13)10-23-17(22)25-14-7-2-3-8-15(14)28-18(19,20)21/h2-9H,10H2,1H3,(H3,22,23,25)(H,24,26,27). The normalized spacial score (nSPS) is 12.1. The molecular weight excluding hydrogens is 373 g/mol. The van der Waals surface area contributed by atoms with Gasteiger partial charge in [-0.15, -0.1) is 13.2 Å². The smallest absolute Gasteiger partial charge is 0.404 e. The third-order valence-corrected chi connectivity index (χ3v) is 3.59. The van der Waals surface area contributed by atoms with E-state index < -0.39 is 12.1 Å². The Balaban J connectivity index is 1.70. The monoisotopic (exact) mass is 390 g/mol. The fourth-order valence-corrected chi connectivity index (χ4v) is 2.42. The summed E-state index contributed by atoms with van der Waals surface area (Å²) in [6.45, 7) is 2.02. The lowest BCUT2D eigenvalue weighted by atomic mass is 10.1. The maximum Gasteiger partial charge on any atom is 0.573 e. The van der Waals surface area contributed by atoms with E-state index in [1.165, 1.54) is 18.2 Å². The van der Waals surface area contributed by atoms with Crippen molar-refractivity contribution in [2.75, 3.05) is 5.32 Å². The summed E-state index contributed by atoms with van der Waals surface area (Å²) in [6, 6.07) is 13.0. The Kier molecular flexibility index (Phi) is 5.48. The second-order valence-electron chi connectivity index (χ2n) is 5.82. The van der Waals surface area contributed by atoms with Gasteiger partial charge in [-0.2, -0.15) is 5.10 Å². The molecule has 0 fully saturated rings. The molecule has 0 radical (unpaired) electrons. The van der Waals surface area contributed by atoms with Gasteiger partial charge >= 0.3 is 6.36 Å². The Bertz CT molecular complexity index is 983. The second-order valence-corrected chi connectivity index (χ2v) is 5.82. The number of guanidine groups is 1. The summed E-state index contributed by atoms with van der Waals surface area (Å²) in [5.41, 5.74) is 7.52. The second kappa shape index (κ2) is 7.99. The summed E-state index contributed by atoms with van der Waals surface area (Å²) in [6.07, 6.45) is -4.80. The highest BCUT2D eigenvalue weighted by molar-refractivity contribution is 5.93. The predicted molar refractivity (Wildman–Crippen MR) is 98.6 cm³/mol. The summed E-state index contributed by atoms with van der Waals surface area (Å²) in [4.78, 5) is 8.43. The zero-order valence-corrected chi connectivity index (χ0v) is 14.8. The third-order valence-electron chi connectivity index (χ3n) is 3.59. The number of ether oxygens (including phenoxy) is 1. The number of nitrogens with two attached hydrogens (primary N) is 1. The zero-order chi connectivity index (χ0) is 20.1. The van der Waals surface area contributed by atoms with Gasteiger partial charge in [0.1, 0.15) is 5.82 Å². The summed E-state index contributed by atoms with van der Waals surface area (Å²) in [5.74, 6) is 0.826. The molecule has 1 heterocycles. The number of aromatic nitrogens is 3. The van der Waals surface area contributed by atoms with E-state index in [4.69, 9.17) is 5.73 Å². The van der Waals surface area contributed by atoms with Gasteiger partial charge in [0.2, 0.25) is 0 Å². The first-order valence-electron chi connectivity index (χ1n) is 8.20. The molecule has 0 atom stereocenters. The van der Waals surface area contributed by atoms with Gasteiger partial charge in [0.15, 0.2) is 17.5 Å². The molecular formula is C18H17F3N6O. The molecule has 0 aliphatic heterocycles. The minimum absolute atomic E-state index is 0.0441. The van der Waals surface area contributed by atoms with Crippen LogP contribution in [-0.2, 0) is 6.54 Å². The number of aryl methyl sites for hydroxylation is 1. The van der Waals surface area contributed by atoms with E-state index in [-0.39, 0.29) is 18.2 Å². The van der Waals surface area contributed by atoms with Crippen LogP contribution in [-0.4, -0.2) is 27.5 Å². The maximum atomic E-state index is 12.5. The van der Waals surface area contributed by atoms with E-state index in [0.717, 1.165) is 11.1 Å². The Morgan fingerprint density at radius 1 is 1.21 bits per heavy atom. The van der Waals surface area contributed by atoms with Gasteiger partial charge in [-0.3, -0.25) is 5.10 Å². The van der Waals surface area contributed by atoms with Crippen molar-refractivity contribution in [3.8, 4) is 17.1 Å². The van der Waals surface area contributed by atoms with Gasteiger partial charge < -0.3 is 15.8 Å². The van der Waals surface area contributed by atoms with E-state index in [9.17, 15) is 13.2 Å². The van der Waals surface area contributed by atoms with Crippen LogP contribution in [0.25, 0.3) is 11.4 Å². The average molecular weight is 390 g/mol. The number of para-hydroxylation sites is 2. The van der Waals surface area contributed by atoms with E-state index in [1.807, 2.05) is 24.3 Å². The van der Waals surface area contributed by atoms with Crippen molar-refractivity contribution in [2.45, 2.75) is 19.8 Å². The van der Waals surface area contributed by atoms with Gasteiger partial charge in [0.05, 0.1) is 12.2 Å². The number of hydrogen-bond donors (Lipinski definition) is 3. The number of anilines is 1. The van der Waals surface area contributed by atoms with Gasteiger partial charge in [-0.25, -0.2) is 9.98 Å². The molecule has 0 saturated carbocycles. The number of hydrogen-bond acceptors (Lipinski definition) is 4. The van der Waals surface area contributed by atoms with Crippen molar-refractivity contribution >= 4 is 11.6 Å². The molecule has 0 unspecified atom stereocenters. The molecule has 0 aliphatic rings. The van der Waals surface area contributed by atoms with Crippen molar-refractivity contribution in [1.29, 1.82) is 0 Å². The third kappa shape index (κ3) is 5.22. The Hall–Kier alpha value is -3.56. The van der Waals surface area contributed by atoms with Crippen LogP contribution in [0, 0.1) is 6.92 Å². The quantitative estimate of drug-likeness (QED) is 0.456. The average Bonchev–Trinajstić information content (AvgIpc) is 3.07. The van der Waals surface area contributed by atoms with Crippen LogP contribution >= 0.6 is 0 Å². The molecule has 0 bridgehead atoms. The molecule has 1 aromatic heterocycles. The minimum Gasteiger partial charge on any atom is -0.404 e. The number of nitrogens with zero attached hydrogens (tertiary/aromatic N) is 3. The van der Waals surface area contributed by atoms with E-state index in [2.05, 4.69) is 30.2 Å². The van der Waals surface area contributed by atoms with Crippen molar-refractivity contribution in [3.05, 3.63) is 59.9 Å². The van der Waals surface area contributed by atoms with Crippen molar-refractivity contribution < 1.29 is 17.9 Å². The van der Waals surface area contributed by atoms with Crippen LogP contribution in [0.1, 0.15) is 11.4 Å². The van der Waals surface area contributed by atoms with Crippen LogP contribution in [0.5, 0.6) is 5.75 Å². The topological polar surface area (TPSA) is 101 Å². The van der Waals surface area contributed by atoms with Crippen molar-refractivity contribution in [2.24, 2.45) is 10.7 Å². The van der Waals surface area contributed by atoms with E-state index >= 15 is 0 Å². The lowest BCUT2D eigenvalue weighted by Crippen LogP contribution is -2.24. The summed E-state index contributed by atoms with van der Waals surface area (Å²) < 4.78 is 41.4. The molecule has 2 aromatic carbocycles. The van der Waals surface area contributed by atoms with E-state index in [1.54, 1.807) is 13.0 Å². The Morgan fingerprint density at radius 2 is 2.00 bits per heavy atom. The summed E-state index contributed by atoms with van der Waals surface area (Å²) in [5, 5.41) is 9.50. The van der Waals surface area contributed by atoms with Crippen LogP contribution in [0.2, 0.25) is 0 Å². The zero-order valence-electron chi connectivity index (χ0n) is 14.8. The van der Waals surface area contributed by atoms with Crippen LogP contribution < -0.4 is 15.8 Å². The highest BCUT2D eigenvalue weighted by Crippen LogP contribution is 2.29. The number of alkyl halides is 3. The number of rotatable bonds is 5. The summed E-state index contributed by atoms with van der Waals surface area (Å²) in [7, 11) is 0. The largest absolute Gasteiger partial charge is 0.573 e. The van der Waals surface area contributed by atoms with Gasteiger partial charge in [-0.05, 0) is 30.7 Å². The Labute approximate surface area is 158 Å². The number of aromatic amines is 1. The molecule has 3 aromatic rings. The SMILES string of the molecule is Cc1nc(-c2cccc(CN=C(N)Nc3ccccc3OC(F)(F)F)c2)n[nH]1. The minimum atomic E-state index is -4.80. The van der Waals surface area contributed by atoms with Crippen LogP contribution in [0.15, 0.2) is 53.5 Å². The van der Waals surface area contributed by atoms with E-state index in [0.29, 0.717) is 11.6 Å². The number of halogens is 3. The molecule has 4 N–H and O–H groups in total. The molecule has 28 heavy (non-hydrogen) atoms. The van der Waals surface area contributed by atoms with Gasteiger partial charge in [-0.1, -0.05) is 30.3 Å². The fourth-order valence-electron chi connectivity index (χ4n) is 2.42. The van der Waals surface area contributed by atoms with Crippen LogP contribution in [0.4, 0.5) is 18.9 Å². The molecule has 7 nitrogen and oxygen atoms in total. The number of benzene rings is 2. The number of H-pyrrole nitrogens is 1. The predicted octanol–water partition coefficient (Wildman–Crippen LogP) is 3.61. The molecule has 3 rings (SSSR count). The van der Waals surface area contributed by atoms with Crippen molar-refractivity contribution in [3.63, 3.8) is 0 Å². The first-order valence-corrected chi connectivity index (χ1v) is 8.20. The first kappa shape index (κ1) is 19.2. The molecule has 10 heteroatoms. The number of aliphatic imine (C=N–C) groups is 1. The summed E-state index contributed by atoms with van der Waals surface area (Å²) >= 11 is 0. The number of nitrogens with one attached hydrogen (secondary N) is 2. The highest BCUT2D eigenvalue weighted by Gasteiger charge is 2.32. The highest BCUT2D eigenvalue weighted by atomic mass is 19.4. The molecule has 0 amide bonds.